The van der Waals surface area contributed by atoms with Gasteiger partial charge in [-0.05, 0) is 93.1 Å². The van der Waals surface area contributed by atoms with Crippen LogP contribution >= 0.6 is 0 Å². The van der Waals surface area contributed by atoms with Gasteiger partial charge in [0.15, 0.2) is 0 Å². The van der Waals surface area contributed by atoms with Crippen molar-refractivity contribution >= 4 is 5.91 Å². The molecule has 5 heteroatoms. The van der Waals surface area contributed by atoms with Gasteiger partial charge in [0.05, 0.1) is 0 Å². The van der Waals surface area contributed by atoms with Gasteiger partial charge in [0, 0.05) is 49.8 Å². The van der Waals surface area contributed by atoms with Crippen molar-refractivity contribution in [3.63, 3.8) is 0 Å². The summed E-state index contributed by atoms with van der Waals surface area (Å²) in [5.74, 6) is 1.91. The van der Waals surface area contributed by atoms with E-state index in [1.54, 1.807) is 0 Å². The van der Waals surface area contributed by atoms with E-state index in [1.807, 2.05) is 36.4 Å². The summed E-state index contributed by atoms with van der Waals surface area (Å²) < 4.78 is 6.31. The molecule has 1 amide bonds. The molecule has 3 aromatic rings. The summed E-state index contributed by atoms with van der Waals surface area (Å²) in [5.41, 5.74) is 3.20. The zero-order valence-electron chi connectivity index (χ0n) is 23.9. The molecule has 0 spiro atoms. The number of piperidine rings is 2. The smallest absolute Gasteiger partial charge is 0.251 e. The zero-order valence-corrected chi connectivity index (χ0v) is 23.9. The number of nitrogens with one attached hydrogen (secondary N) is 1. The lowest BCUT2D eigenvalue weighted by atomic mass is 9.91. The number of nitrogens with zero attached hydrogens (tertiary/aromatic N) is 2. The average molecular weight is 538 g/mol. The molecule has 5 rings (SSSR count). The Morgan fingerprint density at radius 3 is 2.50 bits per heavy atom. The lowest BCUT2D eigenvalue weighted by Crippen LogP contribution is -2.40. The molecule has 2 atom stereocenters. The largest absolute Gasteiger partial charge is 0.490 e. The zero-order chi connectivity index (χ0) is 27.6. The van der Waals surface area contributed by atoms with Crippen molar-refractivity contribution in [2.75, 3.05) is 45.8 Å². The Labute approximate surface area is 240 Å². The summed E-state index contributed by atoms with van der Waals surface area (Å²) in [7, 11) is 0. The third kappa shape index (κ3) is 8.10. The number of amides is 1. The van der Waals surface area contributed by atoms with Crippen molar-refractivity contribution in [1.29, 1.82) is 0 Å². The fourth-order valence-corrected chi connectivity index (χ4v) is 6.08. The Kier molecular flexibility index (Phi) is 10.1. The molecular formula is C35H43N3O2. The van der Waals surface area contributed by atoms with Crippen molar-refractivity contribution in [3.05, 3.63) is 102 Å². The van der Waals surface area contributed by atoms with Crippen LogP contribution in [0.15, 0.2) is 72.8 Å². The fraction of sp³-hybridized carbons (Fsp3) is 0.457. The van der Waals surface area contributed by atoms with Gasteiger partial charge >= 0.3 is 0 Å². The number of benzene rings is 2. The first-order chi connectivity index (χ1) is 19.6. The molecule has 0 bridgehead atoms. The van der Waals surface area contributed by atoms with Crippen molar-refractivity contribution in [1.82, 2.24) is 15.1 Å². The SMILES string of the molecule is CC1CCCN(CCCNC(=O)c2ccc(OC3CCN(CC(c4c#cccc4)c4ccccc4)CC3)cc2)C1. The number of hydrogen-bond donors (Lipinski definition) is 1. The molecule has 2 fully saturated rings. The van der Waals surface area contributed by atoms with Crippen LogP contribution in [0.25, 0.3) is 0 Å². The molecule has 2 unspecified atom stereocenters. The molecule has 40 heavy (non-hydrogen) atoms. The monoisotopic (exact) mass is 537 g/mol. The average Bonchev–Trinajstić information content (AvgIpc) is 3.00. The lowest BCUT2D eigenvalue weighted by molar-refractivity contribution is 0.0949. The summed E-state index contributed by atoms with van der Waals surface area (Å²) >= 11 is 0. The first-order valence-electron chi connectivity index (χ1n) is 15.1. The maximum absolute atomic E-state index is 12.6. The van der Waals surface area contributed by atoms with Gasteiger partial charge in [-0.25, -0.2) is 0 Å². The second-order valence-electron chi connectivity index (χ2n) is 11.5. The Bertz CT molecular complexity index is 1120. The summed E-state index contributed by atoms with van der Waals surface area (Å²) in [6, 6.07) is 30.9. The Morgan fingerprint density at radius 2 is 1.77 bits per heavy atom. The fourth-order valence-electron chi connectivity index (χ4n) is 6.08. The topological polar surface area (TPSA) is 44.8 Å². The Balaban J connectivity index is 1.05. The van der Waals surface area contributed by atoms with Crippen LogP contribution in [0.4, 0.5) is 0 Å². The standard InChI is InChI=1S/C35H43N3O2/c1-28-10-8-22-37(26-28)23-9-21-36-35(39)31-15-17-32(18-16-31)40-33-19-24-38(25-20-33)27-34(29-11-4-2-5-12-29)30-13-6-3-7-14-30/h2-6,11-13,15-18,28,33-34H,8-10,19-27H2,1H3,(H,36,39). The van der Waals surface area contributed by atoms with Gasteiger partial charge in [-0.15, -0.1) is 0 Å². The van der Waals surface area contributed by atoms with Crippen LogP contribution < -0.4 is 10.1 Å². The number of carbonyl (C=O) groups is 1. The van der Waals surface area contributed by atoms with Crippen LogP contribution in [0.2, 0.25) is 0 Å². The van der Waals surface area contributed by atoms with Crippen LogP contribution in [0, 0.1) is 18.1 Å². The van der Waals surface area contributed by atoms with Crippen LogP contribution in [0.5, 0.6) is 5.75 Å². The highest BCUT2D eigenvalue weighted by molar-refractivity contribution is 5.94. The summed E-state index contributed by atoms with van der Waals surface area (Å²) in [6.45, 7) is 9.45. The van der Waals surface area contributed by atoms with Crippen LogP contribution in [-0.2, 0) is 0 Å². The molecule has 2 aliphatic rings. The van der Waals surface area contributed by atoms with Crippen molar-refractivity contribution in [2.45, 2.75) is 51.0 Å². The van der Waals surface area contributed by atoms with E-state index in [-0.39, 0.29) is 17.9 Å². The van der Waals surface area contributed by atoms with E-state index in [1.165, 1.54) is 37.1 Å². The maximum atomic E-state index is 12.6. The minimum Gasteiger partial charge on any atom is -0.490 e. The van der Waals surface area contributed by atoms with Gasteiger partial charge in [0.2, 0.25) is 0 Å². The molecule has 2 saturated heterocycles. The highest BCUT2D eigenvalue weighted by Crippen LogP contribution is 2.27. The number of likely N-dealkylation sites (tertiary alicyclic amines) is 2. The molecule has 1 N–H and O–H groups in total. The quantitative estimate of drug-likeness (QED) is 0.314. The number of hydrogen-bond acceptors (Lipinski definition) is 4. The van der Waals surface area contributed by atoms with E-state index in [9.17, 15) is 4.79 Å². The van der Waals surface area contributed by atoms with Gasteiger partial charge in [-0.1, -0.05) is 55.5 Å². The predicted octanol–water partition coefficient (Wildman–Crippen LogP) is 5.81. The molecule has 3 aromatic carbocycles. The van der Waals surface area contributed by atoms with Gasteiger partial charge in [-0.3, -0.25) is 4.79 Å². The number of carbonyl (C=O) groups excluding carboxylic acids is 1. The van der Waals surface area contributed by atoms with E-state index >= 15 is 0 Å². The van der Waals surface area contributed by atoms with Gasteiger partial charge in [0.1, 0.15) is 11.9 Å². The Hall–Kier alpha value is -3.33. The van der Waals surface area contributed by atoms with E-state index in [0.717, 1.165) is 57.1 Å². The van der Waals surface area contributed by atoms with Gasteiger partial charge < -0.3 is 19.9 Å². The van der Waals surface area contributed by atoms with Crippen LogP contribution in [-0.4, -0.2) is 67.6 Å². The first kappa shape index (κ1) is 28.2. The highest BCUT2D eigenvalue weighted by Gasteiger charge is 2.24. The molecule has 0 saturated carbocycles. The molecule has 210 valence electrons. The Morgan fingerprint density at radius 1 is 0.975 bits per heavy atom. The van der Waals surface area contributed by atoms with E-state index in [0.29, 0.717) is 12.1 Å². The summed E-state index contributed by atoms with van der Waals surface area (Å²) in [5, 5.41) is 3.08. The van der Waals surface area contributed by atoms with Crippen molar-refractivity contribution in [3.8, 4) is 5.75 Å². The van der Waals surface area contributed by atoms with Crippen molar-refractivity contribution in [2.24, 2.45) is 5.92 Å². The van der Waals surface area contributed by atoms with Crippen LogP contribution in [0.1, 0.15) is 66.4 Å². The summed E-state index contributed by atoms with van der Waals surface area (Å²) in [4.78, 5) is 17.7. The summed E-state index contributed by atoms with van der Waals surface area (Å²) in [6.07, 6.45) is 5.80. The second-order valence-corrected chi connectivity index (χ2v) is 11.5. The molecule has 5 nitrogen and oxygen atoms in total. The van der Waals surface area contributed by atoms with Gasteiger partial charge in [0.25, 0.3) is 5.91 Å². The normalized spacial score (nSPS) is 18.8. The minimum atomic E-state index is -0.00639. The lowest BCUT2D eigenvalue weighted by Gasteiger charge is -2.34. The first-order valence-corrected chi connectivity index (χ1v) is 15.1. The van der Waals surface area contributed by atoms with Crippen LogP contribution in [0.3, 0.4) is 0 Å². The molecule has 0 aromatic heterocycles. The minimum absolute atomic E-state index is 0.00639. The molecule has 2 heterocycles. The molecule has 0 radical (unpaired) electrons. The molecule has 0 aliphatic carbocycles. The molecular weight excluding hydrogens is 494 g/mol. The highest BCUT2D eigenvalue weighted by atomic mass is 16.5. The number of rotatable bonds is 11. The predicted molar refractivity (Wildman–Crippen MR) is 161 cm³/mol. The second kappa shape index (κ2) is 14.3. The van der Waals surface area contributed by atoms with E-state index in [4.69, 9.17) is 4.74 Å². The molecule has 2 aliphatic heterocycles. The van der Waals surface area contributed by atoms with E-state index in [2.05, 4.69) is 70.6 Å². The number of ether oxygens (including phenoxy) is 1. The third-order valence-corrected chi connectivity index (χ3v) is 8.32. The maximum Gasteiger partial charge on any atom is 0.251 e. The third-order valence-electron chi connectivity index (χ3n) is 8.32. The van der Waals surface area contributed by atoms with E-state index < -0.39 is 0 Å². The van der Waals surface area contributed by atoms with Gasteiger partial charge in [-0.2, -0.15) is 0 Å². The van der Waals surface area contributed by atoms with Crippen molar-refractivity contribution < 1.29 is 9.53 Å².